The fourth-order valence-corrected chi connectivity index (χ4v) is 4.69. The molecule has 0 aliphatic carbocycles. The lowest BCUT2D eigenvalue weighted by Gasteiger charge is -2.27. The van der Waals surface area contributed by atoms with Crippen molar-refractivity contribution in [1.29, 1.82) is 0 Å². The first-order valence-corrected chi connectivity index (χ1v) is 13.5. The van der Waals surface area contributed by atoms with Crippen LogP contribution in [0.25, 0.3) is 11.1 Å². The third-order valence-electron chi connectivity index (χ3n) is 6.59. The first-order chi connectivity index (χ1) is 19.4. The first-order valence-electron chi connectivity index (χ1n) is 13.5. The number of nitrogens with one attached hydrogen (secondary N) is 1. The number of phenols is 1. The number of aromatic nitrogens is 2. The van der Waals surface area contributed by atoms with E-state index < -0.39 is 5.82 Å². The summed E-state index contributed by atoms with van der Waals surface area (Å²) in [5, 5.41) is 21.9. The number of halogens is 1. The molecule has 1 saturated heterocycles. The molecule has 4 aromatic rings. The highest BCUT2D eigenvalue weighted by Gasteiger charge is 2.18. The van der Waals surface area contributed by atoms with Gasteiger partial charge < -0.3 is 20.1 Å². The van der Waals surface area contributed by atoms with Gasteiger partial charge in [0.15, 0.2) is 11.6 Å². The van der Waals surface area contributed by atoms with Gasteiger partial charge in [0, 0.05) is 24.5 Å². The molecule has 9 heteroatoms. The van der Waals surface area contributed by atoms with Gasteiger partial charge in [-0.2, -0.15) is 10.1 Å². The average Bonchev–Trinajstić information content (AvgIpc) is 2.95. The van der Waals surface area contributed by atoms with Crippen molar-refractivity contribution >= 4 is 23.1 Å². The van der Waals surface area contributed by atoms with Gasteiger partial charge in [-0.15, -0.1) is 5.11 Å². The zero-order chi connectivity index (χ0) is 27.9. The monoisotopic (exact) mass is 540 g/mol. The van der Waals surface area contributed by atoms with Crippen LogP contribution in [0, 0.1) is 11.7 Å². The summed E-state index contributed by atoms with van der Waals surface area (Å²) in [5.74, 6) is 0.590. The highest BCUT2D eigenvalue weighted by atomic mass is 19.1. The van der Waals surface area contributed by atoms with E-state index in [-0.39, 0.29) is 17.5 Å². The topological polar surface area (TPSA) is 95.2 Å². The number of rotatable bonds is 9. The fraction of sp³-hybridized carbons (Fsp3) is 0.290. The smallest absolute Gasteiger partial charge is 0.270 e. The van der Waals surface area contributed by atoms with Crippen LogP contribution in [-0.4, -0.2) is 41.4 Å². The van der Waals surface area contributed by atoms with E-state index >= 15 is 0 Å². The highest BCUT2D eigenvalue weighted by molar-refractivity contribution is 5.72. The Morgan fingerprint density at radius 1 is 0.975 bits per heavy atom. The van der Waals surface area contributed by atoms with Crippen LogP contribution >= 0.6 is 0 Å². The minimum atomic E-state index is -0.476. The number of phenolic OH excluding ortho intramolecular Hbond substituents is 1. The summed E-state index contributed by atoms with van der Waals surface area (Å²) < 4.78 is 19.7. The summed E-state index contributed by atoms with van der Waals surface area (Å²) in [6.07, 6.45) is 2.03. The van der Waals surface area contributed by atoms with E-state index in [0.29, 0.717) is 38.8 Å². The van der Waals surface area contributed by atoms with E-state index in [0.717, 1.165) is 40.7 Å². The largest absolute Gasteiger partial charge is 0.508 e. The second-order valence-corrected chi connectivity index (χ2v) is 10.2. The molecule has 0 spiro atoms. The molecule has 206 valence electrons. The van der Waals surface area contributed by atoms with Crippen LogP contribution < -0.4 is 10.2 Å². The number of anilines is 3. The Morgan fingerprint density at radius 3 is 2.50 bits per heavy atom. The lowest BCUT2D eigenvalue weighted by molar-refractivity contribution is 0.122. The number of benzene rings is 3. The third kappa shape index (κ3) is 6.98. The van der Waals surface area contributed by atoms with Crippen molar-refractivity contribution in [3.8, 4) is 16.9 Å². The Morgan fingerprint density at radius 2 is 1.73 bits per heavy atom. The van der Waals surface area contributed by atoms with Gasteiger partial charge in [-0.25, -0.2) is 9.37 Å². The van der Waals surface area contributed by atoms with Gasteiger partial charge in [0.1, 0.15) is 5.75 Å². The minimum absolute atomic E-state index is 0.137. The number of morpholine rings is 1. The van der Waals surface area contributed by atoms with Gasteiger partial charge in [-0.05, 0) is 71.0 Å². The van der Waals surface area contributed by atoms with Crippen LogP contribution in [0.3, 0.4) is 0 Å². The second-order valence-electron chi connectivity index (χ2n) is 10.2. The third-order valence-corrected chi connectivity index (χ3v) is 6.59. The summed E-state index contributed by atoms with van der Waals surface area (Å²) in [5.41, 5.74) is 6.13. The maximum Gasteiger partial charge on any atom is 0.270 e. The normalized spacial score (nSPS) is 13.8. The lowest BCUT2D eigenvalue weighted by Crippen LogP contribution is -2.37. The quantitative estimate of drug-likeness (QED) is 0.221. The molecule has 1 aromatic heterocycles. The molecule has 8 nitrogen and oxygen atoms in total. The van der Waals surface area contributed by atoms with Gasteiger partial charge in [-0.1, -0.05) is 44.2 Å². The molecule has 40 heavy (non-hydrogen) atoms. The van der Waals surface area contributed by atoms with Crippen molar-refractivity contribution in [3.63, 3.8) is 0 Å². The molecule has 0 bridgehead atoms. The molecule has 1 aliphatic rings. The number of aromatic hydroxyl groups is 1. The number of hydrogen-bond donors (Lipinski definition) is 2. The molecule has 3 aromatic carbocycles. The maximum absolute atomic E-state index is 14.3. The van der Waals surface area contributed by atoms with Crippen LogP contribution in [0.5, 0.6) is 5.75 Å². The van der Waals surface area contributed by atoms with Crippen molar-refractivity contribution in [2.45, 2.75) is 26.8 Å². The van der Waals surface area contributed by atoms with E-state index in [1.54, 1.807) is 12.1 Å². The number of hydrogen-bond acceptors (Lipinski definition) is 8. The predicted molar refractivity (Wildman–Crippen MR) is 155 cm³/mol. The Labute approximate surface area is 233 Å². The van der Waals surface area contributed by atoms with Crippen molar-refractivity contribution in [3.05, 3.63) is 89.9 Å². The van der Waals surface area contributed by atoms with Gasteiger partial charge in [0.2, 0.25) is 0 Å². The molecule has 0 saturated carbocycles. The van der Waals surface area contributed by atoms with Crippen LogP contribution in [0.15, 0.2) is 83.2 Å². The van der Waals surface area contributed by atoms with E-state index in [2.05, 4.69) is 57.6 Å². The molecule has 0 unspecified atom stereocenters. The SMILES string of the molecule is CC(C)Cc1cc(Nc2cccc(-c3cccc(O)c3)c2)ccc1CN=Nc1ncc(F)c(N2CCOCC2)n1. The summed E-state index contributed by atoms with van der Waals surface area (Å²) >= 11 is 0. The molecule has 0 atom stereocenters. The molecular formula is C31H33FN6O2. The number of nitrogens with zero attached hydrogens (tertiary/aromatic N) is 5. The van der Waals surface area contributed by atoms with Crippen LogP contribution in [0.1, 0.15) is 25.0 Å². The predicted octanol–water partition coefficient (Wildman–Crippen LogP) is 7.05. The fourth-order valence-electron chi connectivity index (χ4n) is 4.69. The van der Waals surface area contributed by atoms with Crippen molar-refractivity contribution < 1.29 is 14.2 Å². The van der Waals surface area contributed by atoms with Gasteiger partial charge in [-0.3, -0.25) is 0 Å². The molecule has 0 radical (unpaired) electrons. The summed E-state index contributed by atoms with van der Waals surface area (Å²) in [6, 6.07) is 21.6. The zero-order valence-corrected chi connectivity index (χ0v) is 22.7. The minimum Gasteiger partial charge on any atom is -0.508 e. The van der Waals surface area contributed by atoms with Gasteiger partial charge in [0.05, 0.1) is 26.0 Å². The molecular weight excluding hydrogens is 507 g/mol. The van der Waals surface area contributed by atoms with Gasteiger partial charge >= 0.3 is 0 Å². The lowest BCUT2D eigenvalue weighted by atomic mass is 9.97. The summed E-state index contributed by atoms with van der Waals surface area (Å²) in [4.78, 5) is 10.1. The average molecular weight is 541 g/mol. The molecule has 0 amide bonds. The summed E-state index contributed by atoms with van der Waals surface area (Å²) in [6.45, 7) is 6.95. The Hall–Kier alpha value is -4.37. The summed E-state index contributed by atoms with van der Waals surface area (Å²) in [7, 11) is 0. The molecule has 2 heterocycles. The van der Waals surface area contributed by atoms with E-state index in [1.807, 2.05) is 41.3 Å². The van der Waals surface area contributed by atoms with Crippen molar-refractivity contribution in [1.82, 2.24) is 9.97 Å². The molecule has 1 fully saturated rings. The van der Waals surface area contributed by atoms with Crippen LogP contribution in [-0.2, 0) is 17.7 Å². The molecule has 2 N–H and O–H groups in total. The Balaban J connectivity index is 1.31. The number of azo groups is 1. The molecule has 1 aliphatic heterocycles. The van der Waals surface area contributed by atoms with E-state index in [9.17, 15) is 9.50 Å². The Kier molecular flexibility index (Phi) is 8.61. The Bertz CT molecular complexity index is 1490. The van der Waals surface area contributed by atoms with Crippen molar-refractivity contribution in [2.75, 3.05) is 36.5 Å². The maximum atomic E-state index is 14.3. The molecule has 5 rings (SSSR count). The van der Waals surface area contributed by atoms with Gasteiger partial charge in [0.25, 0.3) is 5.95 Å². The zero-order valence-electron chi connectivity index (χ0n) is 22.7. The standard InChI is InChI=1S/C31H33FN6O2/c1-21(2)15-25-17-27(35-26-7-3-5-22(16-26)23-6-4-8-28(39)18-23)10-9-24(25)19-34-37-31-33-20-29(32)30(36-31)38-11-13-40-14-12-38/h3-10,16-18,20-21,35,39H,11-15,19H2,1-2H3. The first kappa shape index (κ1) is 27.2. The van der Waals surface area contributed by atoms with E-state index in [1.165, 1.54) is 5.56 Å². The second kappa shape index (κ2) is 12.7. The number of ether oxygens (including phenoxy) is 1. The van der Waals surface area contributed by atoms with E-state index in [4.69, 9.17) is 4.74 Å². The highest BCUT2D eigenvalue weighted by Crippen LogP contribution is 2.28. The van der Waals surface area contributed by atoms with Crippen molar-refractivity contribution in [2.24, 2.45) is 16.1 Å². The van der Waals surface area contributed by atoms with Crippen LogP contribution in [0.2, 0.25) is 0 Å². The van der Waals surface area contributed by atoms with Crippen LogP contribution in [0.4, 0.5) is 27.5 Å².